The number of ether oxygens (including phenoxy) is 1. The molecule has 2 N–H and O–H groups in total. The average molecular weight is 461 g/mol. The number of hydrogen-bond acceptors (Lipinski definition) is 4. The first kappa shape index (κ1) is 22.7. The second-order valence-corrected chi connectivity index (χ2v) is 7.52. The molecule has 3 rings (SSSR count). The van der Waals surface area contributed by atoms with Crippen molar-refractivity contribution in [1.29, 1.82) is 0 Å². The number of urea groups is 1. The van der Waals surface area contributed by atoms with Crippen molar-refractivity contribution in [2.24, 2.45) is 0 Å². The molecule has 162 valence electrons. The van der Waals surface area contributed by atoms with E-state index in [0.29, 0.717) is 36.0 Å². The van der Waals surface area contributed by atoms with Crippen LogP contribution in [-0.2, 0) is 16.0 Å². The second kappa shape index (κ2) is 10.3. The molecule has 0 aliphatic heterocycles. The summed E-state index contributed by atoms with van der Waals surface area (Å²) >= 11 is 12.1. The second-order valence-electron chi connectivity index (χ2n) is 6.74. The van der Waals surface area contributed by atoms with Gasteiger partial charge in [-0.25, -0.2) is 9.48 Å². The fraction of sp³-hybridized carbons (Fsp3) is 0.227. The van der Waals surface area contributed by atoms with Gasteiger partial charge in [-0.1, -0.05) is 41.4 Å². The van der Waals surface area contributed by atoms with Gasteiger partial charge in [-0.05, 0) is 50.1 Å². The Morgan fingerprint density at radius 2 is 1.87 bits per heavy atom. The Labute approximate surface area is 190 Å². The molecule has 0 spiro atoms. The molecule has 7 nitrogen and oxygen atoms in total. The standard InChI is InChI=1S/C22H22Cl2N4O3/c1-3-31-20(29)11-10-15-6-4-7-16(13-15)28-19(12-14(2)27-28)26-22(30)25-18-9-5-8-17(23)21(18)24/h4-9,12-13H,3,10-11H2,1-2H3,(H2,25,26,30). The Bertz CT molecular complexity index is 1100. The zero-order chi connectivity index (χ0) is 22.4. The van der Waals surface area contributed by atoms with Crippen LogP contribution >= 0.6 is 23.2 Å². The van der Waals surface area contributed by atoms with E-state index >= 15 is 0 Å². The van der Waals surface area contributed by atoms with Crippen molar-refractivity contribution in [1.82, 2.24) is 9.78 Å². The van der Waals surface area contributed by atoms with Crippen molar-refractivity contribution in [3.8, 4) is 5.69 Å². The normalized spacial score (nSPS) is 10.6. The number of aryl methyl sites for hydroxylation is 2. The summed E-state index contributed by atoms with van der Waals surface area (Å²) in [5.74, 6) is 0.247. The van der Waals surface area contributed by atoms with Crippen LogP contribution in [0.15, 0.2) is 48.5 Å². The third kappa shape index (κ3) is 5.99. The number of anilines is 2. The maximum atomic E-state index is 12.5. The molecule has 3 aromatic rings. The molecule has 0 atom stereocenters. The van der Waals surface area contributed by atoms with Crippen LogP contribution in [0, 0.1) is 6.92 Å². The Morgan fingerprint density at radius 3 is 2.65 bits per heavy atom. The van der Waals surface area contributed by atoms with Crippen LogP contribution in [0.25, 0.3) is 5.69 Å². The fourth-order valence-electron chi connectivity index (χ4n) is 2.98. The lowest BCUT2D eigenvalue weighted by Crippen LogP contribution is -2.21. The highest BCUT2D eigenvalue weighted by molar-refractivity contribution is 6.44. The molecule has 2 aromatic carbocycles. The van der Waals surface area contributed by atoms with Crippen molar-refractivity contribution < 1.29 is 14.3 Å². The van der Waals surface area contributed by atoms with Gasteiger partial charge < -0.3 is 10.1 Å². The van der Waals surface area contributed by atoms with Crippen LogP contribution in [0.5, 0.6) is 0 Å². The van der Waals surface area contributed by atoms with Gasteiger partial charge in [-0.3, -0.25) is 10.1 Å². The lowest BCUT2D eigenvalue weighted by molar-refractivity contribution is -0.143. The lowest BCUT2D eigenvalue weighted by atomic mass is 10.1. The van der Waals surface area contributed by atoms with E-state index in [4.69, 9.17) is 27.9 Å². The minimum absolute atomic E-state index is 0.235. The van der Waals surface area contributed by atoms with Crippen LogP contribution in [0.1, 0.15) is 24.6 Å². The molecule has 0 aliphatic carbocycles. The number of esters is 1. The molecule has 2 amide bonds. The van der Waals surface area contributed by atoms with Crippen molar-refractivity contribution in [3.63, 3.8) is 0 Å². The molecule has 0 unspecified atom stereocenters. The SMILES string of the molecule is CCOC(=O)CCc1cccc(-n2nc(C)cc2NC(=O)Nc2cccc(Cl)c2Cl)c1. The van der Waals surface area contributed by atoms with Crippen molar-refractivity contribution in [3.05, 3.63) is 69.8 Å². The molecule has 0 bridgehead atoms. The quantitative estimate of drug-likeness (QED) is 0.447. The Morgan fingerprint density at radius 1 is 1.10 bits per heavy atom. The summed E-state index contributed by atoms with van der Waals surface area (Å²) in [6, 6.07) is 13.9. The zero-order valence-electron chi connectivity index (χ0n) is 17.1. The number of nitrogens with zero attached hydrogens (tertiary/aromatic N) is 2. The van der Waals surface area contributed by atoms with Gasteiger partial charge in [0, 0.05) is 12.5 Å². The first-order valence-electron chi connectivity index (χ1n) is 9.71. The highest BCUT2D eigenvalue weighted by Gasteiger charge is 2.14. The highest BCUT2D eigenvalue weighted by Crippen LogP contribution is 2.29. The molecule has 1 heterocycles. The van der Waals surface area contributed by atoms with Crippen molar-refractivity contribution in [2.75, 3.05) is 17.2 Å². The van der Waals surface area contributed by atoms with E-state index in [0.717, 1.165) is 16.9 Å². The third-order valence-corrected chi connectivity index (χ3v) is 5.17. The third-order valence-electron chi connectivity index (χ3n) is 4.35. The molecular formula is C22H22Cl2N4O3. The van der Waals surface area contributed by atoms with Gasteiger partial charge in [0.15, 0.2) is 0 Å². The average Bonchev–Trinajstić information content (AvgIpc) is 3.10. The first-order valence-corrected chi connectivity index (χ1v) is 10.5. The van der Waals surface area contributed by atoms with Gasteiger partial charge >= 0.3 is 12.0 Å². The summed E-state index contributed by atoms with van der Waals surface area (Å²) in [4.78, 5) is 24.2. The molecule has 0 radical (unpaired) electrons. The fourth-order valence-corrected chi connectivity index (χ4v) is 3.33. The Kier molecular flexibility index (Phi) is 7.55. The molecule has 0 saturated heterocycles. The largest absolute Gasteiger partial charge is 0.466 e. The number of rotatable bonds is 7. The lowest BCUT2D eigenvalue weighted by Gasteiger charge is -2.12. The summed E-state index contributed by atoms with van der Waals surface area (Å²) in [5.41, 5.74) is 2.84. The number of hydrogen-bond donors (Lipinski definition) is 2. The monoisotopic (exact) mass is 460 g/mol. The predicted molar refractivity (Wildman–Crippen MR) is 122 cm³/mol. The summed E-state index contributed by atoms with van der Waals surface area (Å²) in [7, 11) is 0. The molecule has 0 saturated carbocycles. The summed E-state index contributed by atoms with van der Waals surface area (Å²) < 4.78 is 6.61. The number of amides is 2. The minimum atomic E-state index is -0.483. The van der Waals surface area contributed by atoms with Gasteiger partial charge in [0.25, 0.3) is 0 Å². The molecule has 9 heteroatoms. The van der Waals surface area contributed by atoms with Gasteiger partial charge in [0.1, 0.15) is 5.82 Å². The maximum absolute atomic E-state index is 12.5. The van der Waals surface area contributed by atoms with E-state index in [-0.39, 0.29) is 11.0 Å². The summed E-state index contributed by atoms with van der Waals surface area (Å²) in [5, 5.41) is 10.6. The topological polar surface area (TPSA) is 85.2 Å². The van der Waals surface area contributed by atoms with Gasteiger partial charge in [-0.2, -0.15) is 5.10 Å². The number of halogens is 2. The van der Waals surface area contributed by atoms with Gasteiger partial charge in [0.2, 0.25) is 0 Å². The summed E-state index contributed by atoms with van der Waals surface area (Å²) in [6.07, 6.45) is 0.840. The number of carbonyl (C=O) groups excluding carboxylic acids is 2. The van der Waals surface area contributed by atoms with Crippen LogP contribution in [-0.4, -0.2) is 28.4 Å². The van der Waals surface area contributed by atoms with E-state index < -0.39 is 6.03 Å². The van der Waals surface area contributed by atoms with Crippen LogP contribution < -0.4 is 10.6 Å². The van der Waals surface area contributed by atoms with Crippen LogP contribution in [0.3, 0.4) is 0 Å². The van der Waals surface area contributed by atoms with Crippen molar-refractivity contribution in [2.45, 2.75) is 26.7 Å². The molecule has 0 aliphatic rings. The smallest absolute Gasteiger partial charge is 0.324 e. The highest BCUT2D eigenvalue weighted by atomic mass is 35.5. The van der Waals surface area contributed by atoms with Crippen molar-refractivity contribution >= 4 is 46.7 Å². The van der Waals surface area contributed by atoms with Gasteiger partial charge in [-0.15, -0.1) is 0 Å². The first-order chi connectivity index (χ1) is 14.9. The molecular weight excluding hydrogens is 439 g/mol. The Balaban J connectivity index is 1.76. The van der Waals surface area contributed by atoms with E-state index in [1.54, 1.807) is 35.9 Å². The minimum Gasteiger partial charge on any atom is -0.466 e. The number of aromatic nitrogens is 2. The zero-order valence-corrected chi connectivity index (χ0v) is 18.6. The predicted octanol–water partition coefficient (Wildman–Crippen LogP) is 5.63. The molecule has 0 fully saturated rings. The van der Waals surface area contributed by atoms with E-state index in [2.05, 4.69) is 15.7 Å². The number of nitrogens with one attached hydrogen (secondary N) is 2. The number of carbonyl (C=O) groups is 2. The summed E-state index contributed by atoms with van der Waals surface area (Å²) in [6.45, 7) is 3.98. The number of benzene rings is 2. The van der Waals surface area contributed by atoms with Gasteiger partial charge in [0.05, 0.1) is 33.7 Å². The molecule has 31 heavy (non-hydrogen) atoms. The van der Waals surface area contributed by atoms with Crippen LogP contribution in [0.2, 0.25) is 10.0 Å². The Hall–Kier alpha value is -3.03. The van der Waals surface area contributed by atoms with Crippen LogP contribution in [0.4, 0.5) is 16.3 Å². The van der Waals surface area contributed by atoms with E-state index in [9.17, 15) is 9.59 Å². The van der Waals surface area contributed by atoms with E-state index in [1.807, 2.05) is 31.2 Å². The molecule has 1 aromatic heterocycles. The van der Waals surface area contributed by atoms with E-state index in [1.165, 1.54) is 0 Å². The maximum Gasteiger partial charge on any atom is 0.324 e.